The van der Waals surface area contributed by atoms with Gasteiger partial charge in [-0.25, -0.2) is 8.78 Å². The molecule has 1 aliphatic heterocycles. The van der Waals surface area contributed by atoms with Gasteiger partial charge in [0.05, 0.1) is 16.8 Å². The first-order valence-corrected chi connectivity index (χ1v) is 25.1. The lowest BCUT2D eigenvalue weighted by Crippen LogP contribution is -2.16. The number of ether oxygens (including phenoxy) is 2. The van der Waals surface area contributed by atoms with Crippen molar-refractivity contribution in [1.82, 2.24) is 4.98 Å². The lowest BCUT2D eigenvalue weighted by Gasteiger charge is -2.19. The fraction of sp³-hybridized carbons (Fsp3) is 0.226. The van der Waals surface area contributed by atoms with Gasteiger partial charge in [-0.1, -0.05) is 126 Å². The summed E-state index contributed by atoms with van der Waals surface area (Å²) in [7, 11) is 0. The Morgan fingerprint density at radius 1 is 0.447 bits per heavy atom. The normalized spacial score (nSPS) is 10.7. The zero-order valence-corrected chi connectivity index (χ0v) is 43.8. The number of carbonyl (C=O) groups excluding carboxylic acids is 6. The van der Waals surface area contributed by atoms with E-state index in [4.69, 9.17) is 26.7 Å². The monoisotopic (exact) mass is 1030 g/mol. The molecule has 0 atom stereocenters. The lowest BCUT2D eigenvalue weighted by molar-refractivity contribution is 0.0976. The molecule has 76 heavy (non-hydrogen) atoms. The van der Waals surface area contributed by atoms with Gasteiger partial charge in [0.1, 0.15) is 24.8 Å². The molecule has 1 aliphatic rings. The standard InChI is InChI=1S/C13H13NO.C11H13NO3.C11H11NO.C9H8F2O.C9H11NO.C9H10O/c1-2-12(15)11-8-7-9-5-3-4-6-10(9)13(11)14;1-2-9(13)7-5-10-11(6-8(7)12)15-4-3-14-10;1-2-10(13)9-5-3-4-8-6-7-12-11(8)9;1-2-9(12)7-4-3-6(10)5-8(7)11;1-2-9(11)7-5-3-4-6-8(7)10;1-2-9(10)8-6-4-3-5-7-8/h3-8H,2,14H2,1H3;5-6H,2-4,12H2,1H3;3-7,12H,2H2,1H3;3-5H,2H2,1H3;3-6H,2,10H2,1H3;3-7H,2H2,1H3. The molecule has 7 aromatic carbocycles. The topological polar surface area (TPSA) is 215 Å². The second-order valence-electron chi connectivity index (χ2n) is 16.8. The molecule has 396 valence electrons. The van der Waals surface area contributed by atoms with Gasteiger partial charge < -0.3 is 31.7 Å². The van der Waals surface area contributed by atoms with Crippen LogP contribution in [-0.4, -0.2) is 52.9 Å². The summed E-state index contributed by atoms with van der Waals surface area (Å²) in [5, 5.41) is 3.12. The van der Waals surface area contributed by atoms with Crippen LogP contribution in [-0.2, 0) is 0 Å². The molecular formula is C62H66F2N4O8. The van der Waals surface area contributed by atoms with Crippen LogP contribution in [0, 0.1) is 11.6 Å². The summed E-state index contributed by atoms with van der Waals surface area (Å²) in [4.78, 5) is 70.9. The Kier molecular flexibility index (Phi) is 23.9. The van der Waals surface area contributed by atoms with Crippen LogP contribution in [0.4, 0.5) is 25.8 Å². The average Bonchev–Trinajstić information content (AvgIpc) is 3.95. The van der Waals surface area contributed by atoms with Gasteiger partial charge in [0.2, 0.25) is 0 Å². The van der Waals surface area contributed by atoms with Gasteiger partial charge in [-0.05, 0) is 53.9 Å². The summed E-state index contributed by atoms with van der Waals surface area (Å²) in [5.41, 5.74) is 23.2. The van der Waals surface area contributed by atoms with Crippen molar-refractivity contribution in [3.63, 3.8) is 0 Å². The van der Waals surface area contributed by atoms with Crippen LogP contribution in [0.2, 0.25) is 0 Å². The Hall–Kier alpha value is -8.78. The van der Waals surface area contributed by atoms with E-state index >= 15 is 0 Å². The fourth-order valence-corrected chi connectivity index (χ4v) is 7.45. The number of para-hydroxylation sites is 2. The van der Waals surface area contributed by atoms with Gasteiger partial charge in [-0.15, -0.1) is 0 Å². The maximum atomic E-state index is 12.8. The molecule has 0 saturated heterocycles. The van der Waals surface area contributed by atoms with Crippen LogP contribution >= 0.6 is 0 Å². The third kappa shape index (κ3) is 16.9. The number of carbonyl (C=O) groups is 6. The van der Waals surface area contributed by atoms with E-state index in [0.717, 1.165) is 44.9 Å². The van der Waals surface area contributed by atoms with Crippen molar-refractivity contribution in [2.75, 3.05) is 30.4 Å². The van der Waals surface area contributed by atoms with Gasteiger partial charge in [0.15, 0.2) is 46.2 Å². The van der Waals surface area contributed by atoms with Crippen molar-refractivity contribution in [3.05, 3.63) is 197 Å². The number of rotatable bonds is 12. The number of anilines is 3. The van der Waals surface area contributed by atoms with Gasteiger partial charge in [0.25, 0.3) is 0 Å². The minimum Gasteiger partial charge on any atom is -0.486 e. The van der Waals surface area contributed by atoms with Gasteiger partial charge in [0, 0.05) is 107 Å². The Balaban J connectivity index is 0.000000198. The summed E-state index contributed by atoms with van der Waals surface area (Å²) in [6.07, 6.45) is 4.66. The summed E-state index contributed by atoms with van der Waals surface area (Å²) < 4.78 is 35.9. The van der Waals surface area contributed by atoms with Gasteiger partial charge in [-0.3, -0.25) is 28.8 Å². The number of fused-ring (bicyclic) bond motifs is 3. The third-order valence-electron chi connectivity index (χ3n) is 11.7. The SMILES string of the molecule is CCC(=O)c1cc2c(cc1N)OCCO2.CCC(=O)c1ccc(F)cc1F.CCC(=O)c1ccc2ccccc2c1N.CCC(=O)c1cccc2cc[nH]c12.CCC(=O)c1ccccc1.CCC(=O)c1ccccc1N. The number of aromatic amines is 1. The highest BCUT2D eigenvalue weighted by molar-refractivity contribution is 6.09. The van der Waals surface area contributed by atoms with Crippen LogP contribution in [0.1, 0.15) is 142 Å². The van der Waals surface area contributed by atoms with Crippen molar-refractivity contribution < 1.29 is 47.0 Å². The maximum absolute atomic E-state index is 12.8. The number of hydrogen-bond donors (Lipinski definition) is 4. The number of ketones is 6. The molecule has 0 amide bonds. The Bertz CT molecular complexity index is 3260. The maximum Gasteiger partial charge on any atom is 0.165 e. The lowest BCUT2D eigenvalue weighted by atomic mass is 10.0. The first-order chi connectivity index (χ1) is 36.5. The number of nitrogen functional groups attached to an aromatic ring is 3. The zero-order chi connectivity index (χ0) is 55.7. The highest BCUT2D eigenvalue weighted by atomic mass is 19.1. The Morgan fingerprint density at radius 3 is 1.57 bits per heavy atom. The zero-order valence-electron chi connectivity index (χ0n) is 43.8. The van der Waals surface area contributed by atoms with Crippen LogP contribution in [0.15, 0.2) is 152 Å². The van der Waals surface area contributed by atoms with E-state index in [1.165, 1.54) is 0 Å². The molecule has 0 fully saturated rings. The third-order valence-corrected chi connectivity index (χ3v) is 11.7. The summed E-state index contributed by atoms with van der Waals surface area (Å²) >= 11 is 0. The van der Waals surface area contributed by atoms with Crippen LogP contribution < -0.4 is 26.7 Å². The van der Waals surface area contributed by atoms with Crippen molar-refractivity contribution >= 4 is 73.4 Å². The van der Waals surface area contributed by atoms with Crippen LogP contribution in [0.3, 0.4) is 0 Å². The van der Waals surface area contributed by atoms with E-state index in [1.807, 2.05) is 137 Å². The number of hydrogen-bond acceptors (Lipinski definition) is 11. The largest absolute Gasteiger partial charge is 0.486 e. The number of nitrogens with two attached hydrogens (primary N) is 3. The van der Waals surface area contributed by atoms with E-state index in [-0.39, 0.29) is 46.7 Å². The predicted molar refractivity (Wildman–Crippen MR) is 300 cm³/mol. The Morgan fingerprint density at radius 2 is 0.947 bits per heavy atom. The molecule has 12 nitrogen and oxygen atoms in total. The van der Waals surface area contributed by atoms with E-state index in [0.29, 0.717) is 96.6 Å². The van der Waals surface area contributed by atoms with Crippen molar-refractivity contribution in [2.45, 2.75) is 80.1 Å². The number of nitrogens with one attached hydrogen (secondary N) is 1. The minimum absolute atomic E-state index is 0.0180. The number of halogens is 2. The van der Waals surface area contributed by atoms with E-state index in [9.17, 15) is 37.5 Å². The summed E-state index contributed by atoms with van der Waals surface area (Å²) in [5.74, 6) is 0.0626. The number of benzene rings is 7. The predicted octanol–water partition coefficient (Wildman–Crippen LogP) is 14.1. The molecule has 7 N–H and O–H groups in total. The molecule has 0 bridgehead atoms. The van der Waals surface area contributed by atoms with Gasteiger partial charge >= 0.3 is 0 Å². The summed E-state index contributed by atoms with van der Waals surface area (Å²) in [6.45, 7) is 11.9. The molecule has 9 rings (SSSR count). The molecular weight excluding hydrogens is 967 g/mol. The highest BCUT2D eigenvalue weighted by Gasteiger charge is 2.18. The molecule has 8 aromatic rings. The van der Waals surface area contributed by atoms with E-state index in [1.54, 1.807) is 38.1 Å². The Labute approximate surface area is 442 Å². The smallest absolute Gasteiger partial charge is 0.165 e. The number of aromatic nitrogens is 1. The number of Topliss-reactive ketones (excluding diaryl/α,β-unsaturated/α-hetero) is 6. The van der Waals surface area contributed by atoms with Crippen LogP contribution in [0.5, 0.6) is 11.5 Å². The van der Waals surface area contributed by atoms with Crippen molar-refractivity contribution in [2.24, 2.45) is 0 Å². The van der Waals surface area contributed by atoms with Crippen LogP contribution in [0.25, 0.3) is 21.7 Å². The minimum atomic E-state index is -0.790. The van der Waals surface area contributed by atoms with Gasteiger partial charge in [-0.2, -0.15) is 0 Å². The molecule has 0 aliphatic carbocycles. The second kappa shape index (κ2) is 30.4. The number of H-pyrrole nitrogens is 1. The van der Waals surface area contributed by atoms with Crippen molar-refractivity contribution in [1.29, 1.82) is 0 Å². The molecule has 0 radical (unpaired) electrons. The van der Waals surface area contributed by atoms with E-state index in [2.05, 4.69) is 4.98 Å². The molecule has 14 heteroatoms. The quantitative estimate of drug-likeness (QED) is 0.0667. The first-order valence-electron chi connectivity index (χ1n) is 25.1. The molecule has 0 spiro atoms. The fourth-order valence-electron chi connectivity index (χ4n) is 7.45. The highest BCUT2D eigenvalue weighted by Crippen LogP contribution is 2.35. The first kappa shape index (κ1) is 59.8. The molecule has 1 aromatic heterocycles. The molecule has 2 heterocycles. The van der Waals surface area contributed by atoms with Crippen molar-refractivity contribution in [3.8, 4) is 11.5 Å². The van der Waals surface area contributed by atoms with E-state index < -0.39 is 11.6 Å². The molecule has 0 unspecified atom stereocenters. The second-order valence-corrected chi connectivity index (χ2v) is 16.8. The average molecular weight is 1030 g/mol. The summed E-state index contributed by atoms with van der Waals surface area (Å²) in [6, 6.07) is 42.1. The molecule has 0 saturated carbocycles.